The van der Waals surface area contributed by atoms with Gasteiger partial charge in [0.05, 0.1) is 17.1 Å². The third-order valence-electron chi connectivity index (χ3n) is 6.60. The second-order valence-electron chi connectivity index (χ2n) is 10.3. The van der Waals surface area contributed by atoms with Crippen molar-refractivity contribution < 1.29 is 22.7 Å². The van der Waals surface area contributed by atoms with Crippen LogP contribution in [-0.4, -0.2) is 49.3 Å². The normalized spacial score (nSPS) is 14.6. The number of nitrogens with zero attached hydrogens (tertiary/aromatic N) is 6. The number of rotatable bonds is 8. The molecule has 0 spiro atoms. The highest BCUT2D eigenvalue weighted by Gasteiger charge is 2.32. The van der Waals surface area contributed by atoms with Gasteiger partial charge in [-0.2, -0.15) is 10.1 Å². The molecule has 1 fully saturated rings. The number of benzene rings is 3. The van der Waals surface area contributed by atoms with E-state index in [1.807, 2.05) is 49.4 Å². The molecule has 1 N–H and O–H groups in total. The van der Waals surface area contributed by atoms with E-state index in [-0.39, 0.29) is 28.4 Å². The highest BCUT2D eigenvalue weighted by molar-refractivity contribution is 8.15. The molecule has 0 saturated carbocycles. The highest BCUT2D eigenvalue weighted by atomic mass is 32.2. The van der Waals surface area contributed by atoms with Crippen molar-refractivity contribution in [1.29, 1.82) is 0 Å². The molecule has 9 nitrogen and oxygen atoms in total. The predicted octanol–water partition coefficient (Wildman–Crippen LogP) is 6.80. The van der Waals surface area contributed by atoms with Gasteiger partial charge >= 0.3 is 6.36 Å². The van der Waals surface area contributed by atoms with Crippen molar-refractivity contribution in [2.24, 2.45) is 10.1 Å². The Kier molecular flexibility index (Phi) is 9.63. The number of anilines is 1. The van der Waals surface area contributed by atoms with Gasteiger partial charge in [0.1, 0.15) is 12.1 Å². The maximum Gasteiger partial charge on any atom is 0.573 e. The van der Waals surface area contributed by atoms with Gasteiger partial charge in [-0.1, -0.05) is 55.9 Å². The highest BCUT2D eigenvalue weighted by Crippen LogP contribution is 2.34. The molecule has 232 valence electrons. The van der Waals surface area contributed by atoms with Crippen molar-refractivity contribution in [3.63, 3.8) is 0 Å². The Hall–Kier alpha value is -4.56. The molecule has 0 radical (unpaired) electrons. The Morgan fingerprint density at radius 2 is 1.93 bits per heavy atom. The molecule has 1 aliphatic heterocycles. The van der Waals surface area contributed by atoms with Crippen molar-refractivity contribution in [2.75, 3.05) is 10.7 Å². The zero-order valence-electron chi connectivity index (χ0n) is 24.4. The lowest BCUT2D eigenvalue weighted by Crippen LogP contribution is -2.31. The summed E-state index contributed by atoms with van der Waals surface area (Å²) in [6.45, 7) is 6.16. The minimum atomic E-state index is -4.76. The lowest BCUT2D eigenvalue weighted by atomic mass is 9.99. The molecule has 0 atom stereocenters. The summed E-state index contributed by atoms with van der Waals surface area (Å²) in [5, 5.41) is 9.30. The average molecular weight is 652 g/mol. The molecular formula is C31H28F3N7O2S2. The Labute approximate surface area is 267 Å². The van der Waals surface area contributed by atoms with Gasteiger partial charge in [0.15, 0.2) is 11.0 Å². The van der Waals surface area contributed by atoms with Gasteiger partial charge in [0.25, 0.3) is 0 Å². The van der Waals surface area contributed by atoms with Crippen LogP contribution in [0, 0.1) is 6.92 Å². The van der Waals surface area contributed by atoms with E-state index in [9.17, 15) is 18.0 Å². The van der Waals surface area contributed by atoms with Crippen LogP contribution in [0.1, 0.15) is 36.5 Å². The van der Waals surface area contributed by atoms with Crippen molar-refractivity contribution in [1.82, 2.24) is 20.2 Å². The summed E-state index contributed by atoms with van der Waals surface area (Å²) in [6.07, 6.45) is -1.15. The Bertz CT molecular complexity index is 1770. The number of hydrazone groups is 1. The van der Waals surface area contributed by atoms with Crippen LogP contribution in [0.2, 0.25) is 0 Å². The molecule has 14 heteroatoms. The third-order valence-corrected chi connectivity index (χ3v) is 7.71. The number of aryl methyl sites for hydroxylation is 1. The van der Waals surface area contributed by atoms with Crippen LogP contribution >= 0.6 is 24.0 Å². The van der Waals surface area contributed by atoms with E-state index in [1.165, 1.54) is 47.0 Å². The van der Waals surface area contributed by atoms with E-state index in [1.54, 1.807) is 11.1 Å². The van der Waals surface area contributed by atoms with Gasteiger partial charge in [0, 0.05) is 18.2 Å². The van der Waals surface area contributed by atoms with Crippen LogP contribution in [0.15, 0.2) is 83.2 Å². The number of aliphatic imine (C=N–C) groups is 1. The van der Waals surface area contributed by atoms with Crippen molar-refractivity contribution >= 4 is 52.1 Å². The first-order valence-corrected chi connectivity index (χ1v) is 15.2. The van der Waals surface area contributed by atoms with Crippen molar-refractivity contribution in [3.05, 3.63) is 89.7 Å². The quantitative estimate of drug-likeness (QED) is 0.127. The first-order valence-electron chi connectivity index (χ1n) is 13.8. The second kappa shape index (κ2) is 13.6. The maximum atomic E-state index is 12.8. The minimum Gasteiger partial charge on any atom is -0.406 e. The number of hydrogen-bond acceptors (Lipinski definition) is 7. The summed E-state index contributed by atoms with van der Waals surface area (Å²) in [7, 11) is 0. The lowest BCUT2D eigenvalue weighted by molar-refractivity contribution is -0.274. The van der Waals surface area contributed by atoms with E-state index in [0.29, 0.717) is 23.1 Å². The maximum absolute atomic E-state index is 12.8. The number of aromatic nitrogens is 3. The molecule has 0 aliphatic carbocycles. The van der Waals surface area contributed by atoms with Crippen LogP contribution in [0.25, 0.3) is 17.1 Å². The number of thiocarbonyl (C=S) groups is 1. The molecule has 4 aromatic rings. The van der Waals surface area contributed by atoms with E-state index in [2.05, 4.69) is 44.2 Å². The molecule has 1 aromatic heterocycles. The average Bonchev–Trinajstić information content (AvgIpc) is 3.62. The SMILES string of the molecule is Cc1ccc(C(C)C)c(N2C(=O)CSC2=NC(=S)N/N=C/Cc2cccc(-c3ncn(-c4ccc(OC(F)(F)F)cc4)n3)c2)c1. The van der Waals surface area contributed by atoms with Crippen LogP contribution in [0.5, 0.6) is 5.75 Å². The third kappa shape index (κ3) is 8.13. The van der Waals surface area contributed by atoms with Crippen LogP contribution < -0.4 is 15.1 Å². The fourth-order valence-electron chi connectivity index (χ4n) is 4.54. The second-order valence-corrected chi connectivity index (χ2v) is 11.6. The summed E-state index contributed by atoms with van der Waals surface area (Å²) < 4.78 is 42.7. The standard InChI is InChI=1S/C31H28F3N7O2S2/c1-19(2)25-12-7-20(3)15-26(25)41-27(42)17-45-30(41)37-29(44)38-36-14-13-21-5-4-6-22(16-21)28-35-18-40(39-28)23-8-10-24(11-9-23)43-31(32,33)34/h4-12,14-16,18-19H,13,17H2,1-3H3,(H,38,44)/b36-14+,37-30?. The Morgan fingerprint density at radius 1 is 1.16 bits per heavy atom. The van der Waals surface area contributed by atoms with Gasteiger partial charge in [-0.05, 0) is 78.1 Å². The van der Waals surface area contributed by atoms with Gasteiger partial charge in [-0.25, -0.2) is 9.67 Å². The van der Waals surface area contributed by atoms with E-state index < -0.39 is 6.36 Å². The largest absolute Gasteiger partial charge is 0.573 e. The fourth-order valence-corrected chi connectivity index (χ4v) is 5.60. The molecule has 1 amide bonds. The smallest absolute Gasteiger partial charge is 0.406 e. The molecule has 3 aromatic carbocycles. The number of amides is 1. The zero-order chi connectivity index (χ0) is 32.1. The summed E-state index contributed by atoms with van der Waals surface area (Å²) in [6, 6.07) is 19.0. The number of nitrogens with one attached hydrogen (secondary N) is 1. The molecule has 45 heavy (non-hydrogen) atoms. The Balaban J connectivity index is 1.21. The summed E-state index contributed by atoms with van der Waals surface area (Å²) >= 11 is 6.72. The molecule has 1 saturated heterocycles. The topological polar surface area (TPSA) is 97.0 Å². The summed E-state index contributed by atoms with van der Waals surface area (Å²) in [5.74, 6) is 0.582. The summed E-state index contributed by atoms with van der Waals surface area (Å²) in [5.41, 5.74) is 7.90. The number of thioether (sulfide) groups is 1. The number of halogens is 3. The van der Waals surface area contributed by atoms with E-state index >= 15 is 0 Å². The molecule has 1 aliphatic rings. The molecule has 2 heterocycles. The number of alkyl halides is 3. The summed E-state index contributed by atoms with van der Waals surface area (Å²) in [4.78, 5) is 23.3. The van der Waals surface area contributed by atoms with Crippen LogP contribution in [0.3, 0.4) is 0 Å². The predicted molar refractivity (Wildman–Crippen MR) is 174 cm³/mol. The lowest BCUT2D eigenvalue weighted by Gasteiger charge is -2.22. The van der Waals surface area contributed by atoms with E-state index in [0.717, 1.165) is 27.9 Å². The van der Waals surface area contributed by atoms with Gasteiger partial charge in [-0.3, -0.25) is 15.1 Å². The van der Waals surface area contributed by atoms with Crippen LogP contribution in [-0.2, 0) is 11.2 Å². The number of ether oxygens (including phenoxy) is 1. The number of carbonyl (C=O) groups excluding carboxylic acids is 1. The van der Waals surface area contributed by atoms with Crippen molar-refractivity contribution in [3.8, 4) is 22.8 Å². The van der Waals surface area contributed by atoms with Crippen molar-refractivity contribution in [2.45, 2.75) is 39.5 Å². The molecule has 0 bridgehead atoms. The monoisotopic (exact) mass is 651 g/mol. The Morgan fingerprint density at radius 3 is 2.67 bits per heavy atom. The van der Waals surface area contributed by atoms with Gasteiger partial charge in [-0.15, -0.1) is 18.3 Å². The molecule has 0 unspecified atom stereocenters. The first-order chi connectivity index (χ1) is 21.5. The first kappa shape index (κ1) is 31.9. The van der Waals surface area contributed by atoms with Gasteiger partial charge in [0.2, 0.25) is 11.0 Å². The minimum absolute atomic E-state index is 0.0507. The molecular weight excluding hydrogens is 624 g/mol. The fraction of sp³-hybridized carbons (Fsp3) is 0.226. The van der Waals surface area contributed by atoms with Crippen LogP contribution in [0.4, 0.5) is 18.9 Å². The molecule has 5 rings (SSSR count). The van der Waals surface area contributed by atoms with Gasteiger partial charge < -0.3 is 4.74 Å². The number of hydrogen-bond donors (Lipinski definition) is 1. The van der Waals surface area contributed by atoms with E-state index in [4.69, 9.17) is 12.2 Å². The number of carbonyl (C=O) groups is 1. The zero-order valence-corrected chi connectivity index (χ0v) is 26.1. The number of amidine groups is 1.